The Morgan fingerprint density at radius 3 is 2.50 bits per heavy atom. The van der Waals surface area contributed by atoms with Crippen LogP contribution >= 0.6 is 50.0 Å². The number of benzene rings is 1. The summed E-state index contributed by atoms with van der Waals surface area (Å²) in [6.07, 6.45) is 0. The number of rotatable bonds is 1. The molecular weight excluding hydrogens is 357 g/mol. The van der Waals surface area contributed by atoms with Gasteiger partial charge in [0.25, 0.3) is 0 Å². The Morgan fingerprint density at radius 2 is 1.78 bits per heavy atom. The second-order valence-corrected chi connectivity index (χ2v) is 7.10. The average molecular weight is 363 g/mol. The van der Waals surface area contributed by atoms with Crippen LogP contribution in [0.3, 0.4) is 0 Å². The average Bonchev–Trinajstić information content (AvgIpc) is 2.70. The molecule has 7 heteroatoms. The molecular formula is C11H6BrCl2N3S. The minimum atomic E-state index is -0.804. The number of aromatic nitrogens is 2. The molecule has 1 unspecified atom stereocenters. The number of aliphatic imine (C=N–C) groups is 1. The van der Waals surface area contributed by atoms with Crippen LogP contribution in [0, 0.1) is 0 Å². The van der Waals surface area contributed by atoms with Gasteiger partial charge >= 0.3 is 0 Å². The number of thiol groups is 1. The van der Waals surface area contributed by atoms with Crippen LogP contribution in [-0.2, 0) is 0 Å². The van der Waals surface area contributed by atoms with E-state index in [-0.39, 0.29) is 0 Å². The molecule has 0 saturated heterocycles. The zero-order valence-corrected chi connectivity index (χ0v) is 12.8. The standard InChI is InChI=1S/C11H6BrCl2N3S/c12-6-1-2-8-7(3-6)15-5-18(8)11-16-9(13)4-10(14)17-11/h1-5,18H. The molecule has 1 atom stereocenters. The molecule has 0 fully saturated rings. The van der Waals surface area contributed by atoms with Gasteiger partial charge in [-0.2, -0.15) is 0 Å². The fourth-order valence-corrected chi connectivity index (χ4v) is 4.24. The first-order chi connectivity index (χ1) is 8.63. The summed E-state index contributed by atoms with van der Waals surface area (Å²) in [7, 11) is -0.804. The highest BCUT2D eigenvalue weighted by Gasteiger charge is 2.20. The molecule has 0 amide bonds. The molecule has 1 aromatic carbocycles. The third-order valence-electron chi connectivity index (χ3n) is 2.38. The minimum Gasteiger partial charge on any atom is -0.250 e. The second kappa shape index (κ2) is 4.81. The molecule has 2 aromatic rings. The predicted octanol–water partition coefficient (Wildman–Crippen LogP) is 4.64. The molecule has 3 rings (SSSR count). The second-order valence-electron chi connectivity index (χ2n) is 3.56. The molecule has 0 bridgehead atoms. The van der Waals surface area contributed by atoms with E-state index in [4.69, 9.17) is 23.2 Å². The molecule has 92 valence electrons. The van der Waals surface area contributed by atoms with Crippen molar-refractivity contribution < 1.29 is 0 Å². The topological polar surface area (TPSA) is 38.1 Å². The maximum atomic E-state index is 5.90. The van der Waals surface area contributed by atoms with Crippen LogP contribution in [0.25, 0.3) is 0 Å². The van der Waals surface area contributed by atoms with Gasteiger partial charge in [0.1, 0.15) is 10.3 Å². The van der Waals surface area contributed by atoms with E-state index in [0.717, 1.165) is 15.1 Å². The van der Waals surface area contributed by atoms with Crippen LogP contribution in [0.15, 0.2) is 43.8 Å². The zero-order valence-electron chi connectivity index (χ0n) is 8.81. The van der Waals surface area contributed by atoms with Crippen LogP contribution in [0.5, 0.6) is 0 Å². The summed E-state index contributed by atoms with van der Waals surface area (Å²) in [6.45, 7) is 0. The van der Waals surface area contributed by atoms with E-state index in [1.54, 1.807) is 0 Å². The van der Waals surface area contributed by atoms with Gasteiger partial charge in [-0.15, -0.1) is 10.9 Å². The van der Waals surface area contributed by atoms with Gasteiger partial charge in [0.05, 0.1) is 11.2 Å². The highest BCUT2D eigenvalue weighted by molar-refractivity contribution is 9.10. The van der Waals surface area contributed by atoms with Crippen molar-refractivity contribution in [3.63, 3.8) is 0 Å². The highest BCUT2D eigenvalue weighted by Crippen LogP contribution is 2.50. The van der Waals surface area contributed by atoms with Crippen molar-refractivity contribution >= 4 is 61.3 Å². The Kier molecular flexibility index (Phi) is 3.32. The molecule has 0 N–H and O–H groups in total. The lowest BCUT2D eigenvalue weighted by molar-refractivity contribution is 0.966. The van der Waals surface area contributed by atoms with Crippen molar-refractivity contribution in [1.29, 1.82) is 0 Å². The van der Waals surface area contributed by atoms with Crippen LogP contribution in [0.1, 0.15) is 0 Å². The van der Waals surface area contributed by atoms with Gasteiger partial charge in [0, 0.05) is 15.4 Å². The minimum absolute atomic E-state index is 0.353. The maximum Gasteiger partial charge on any atom is 0.179 e. The van der Waals surface area contributed by atoms with Crippen LogP contribution in [0.4, 0.5) is 5.69 Å². The summed E-state index contributed by atoms with van der Waals surface area (Å²) in [4.78, 5) is 14.0. The van der Waals surface area contributed by atoms with Gasteiger partial charge in [-0.3, -0.25) is 0 Å². The molecule has 18 heavy (non-hydrogen) atoms. The van der Waals surface area contributed by atoms with Crippen molar-refractivity contribution in [3.8, 4) is 0 Å². The molecule has 1 aromatic heterocycles. The van der Waals surface area contributed by atoms with Gasteiger partial charge < -0.3 is 0 Å². The molecule has 0 aliphatic carbocycles. The van der Waals surface area contributed by atoms with Crippen molar-refractivity contribution in [2.75, 3.05) is 0 Å². The first-order valence-electron chi connectivity index (χ1n) is 4.96. The fourth-order valence-electron chi connectivity index (χ4n) is 1.63. The number of hydrogen-bond donors (Lipinski definition) is 1. The molecule has 3 nitrogen and oxygen atoms in total. The third-order valence-corrected chi connectivity index (χ3v) is 5.13. The van der Waals surface area contributed by atoms with E-state index in [9.17, 15) is 0 Å². The lowest BCUT2D eigenvalue weighted by Gasteiger charge is -2.12. The molecule has 1 aliphatic rings. The SMILES string of the molecule is Clc1cc(Cl)nc([SH]2C=Nc3cc(Br)ccc32)n1. The van der Waals surface area contributed by atoms with E-state index < -0.39 is 10.9 Å². The smallest absolute Gasteiger partial charge is 0.179 e. The summed E-state index contributed by atoms with van der Waals surface area (Å²) >= 11 is 15.2. The van der Waals surface area contributed by atoms with Gasteiger partial charge in [0.2, 0.25) is 0 Å². The van der Waals surface area contributed by atoms with Crippen LogP contribution in [-0.4, -0.2) is 15.5 Å². The van der Waals surface area contributed by atoms with E-state index in [0.29, 0.717) is 15.5 Å². The van der Waals surface area contributed by atoms with Crippen molar-refractivity contribution in [1.82, 2.24) is 9.97 Å². The van der Waals surface area contributed by atoms with E-state index in [2.05, 4.69) is 30.9 Å². The summed E-state index contributed by atoms with van der Waals surface area (Å²) in [6, 6.07) is 7.50. The molecule has 0 spiro atoms. The van der Waals surface area contributed by atoms with Crippen molar-refractivity contribution in [2.45, 2.75) is 10.1 Å². The zero-order chi connectivity index (χ0) is 12.7. The van der Waals surface area contributed by atoms with E-state index in [1.807, 2.05) is 23.7 Å². The quantitative estimate of drug-likeness (QED) is 0.456. The maximum absolute atomic E-state index is 5.90. The van der Waals surface area contributed by atoms with Crippen molar-refractivity contribution in [3.05, 3.63) is 39.0 Å². The first-order valence-corrected chi connectivity index (χ1v) is 7.92. The summed E-state index contributed by atoms with van der Waals surface area (Å²) in [5.74, 6) is 0. The lowest BCUT2D eigenvalue weighted by Crippen LogP contribution is -1.93. The first kappa shape index (κ1) is 12.4. The van der Waals surface area contributed by atoms with Crippen LogP contribution < -0.4 is 0 Å². The number of fused-ring (bicyclic) bond motifs is 1. The Balaban J connectivity index is 2.09. The summed E-state index contributed by atoms with van der Waals surface area (Å²) in [5.41, 5.74) is 2.81. The normalized spacial score (nSPS) is 18.9. The fraction of sp³-hybridized carbons (Fsp3) is 0. The van der Waals surface area contributed by atoms with Crippen molar-refractivity contribution in [2.24, 2.45) is 4.99 Å². The van der Waals surface area contributed by atoms with Gasteiger partial charge in [-0.1, -0.05) is 39.1 Å². The number of halogens is 3. The Morgan fingerprint density at radius 1 is 1.06 bits per heavy atom. The molecule has 1 aliphatic heterocycles. The molecule has 2 heterocycles. The Labute approximate surface area is 125 Å². The Bertz CT molecular complexity index is 642. The van der Waals surface area contributed by atoms with E-state index in [1.165, 1.54) is 6.07 Å². The summed E-state index contributed by atoms with van der Waals surface area (Å²) < 4.78 is 1.00. The molecule has 0 radical (unpaired) electrons. The molecule has 0 saturated carbocycles. The van der Waals surface area contributed by atoms with Gasteiger partial charge in [-0.05, 0) is 18.2 Å². The number of nitrogens with zero attached hydrogens (tertiary/aromatic N) is 3. The largest absolute Gasteiger partial charge is 0.250 e. The predicted molar refractivity (Wildman–Crippen MR) is 79.9 cm³/mol. The van der Waals surface area contributed by atoms with Gasteiger partial charge in [0.15, 0.2) is 5.16 Å². The van der Waals surface area contributed by atoms with Gasteiger partial charge in [-0.25, -0.2) is 15.0 Å². The third kappa shape index (κ3) is 2.28. The van der Waals surface area contributed by atoms with Crippen LogP contribution in [0.2, 0.25) is 10.3 Å². The highest BCUT2D eigenvalue weighted by atomic mass is 79.9. The monoisotopic (exact) mass is 361 g/mol. The summed E-state index contributed by atoms with van der Waals surface area (Å²) in [5, 5.41) is 1.34. The number of hydrogen-bond acceptors (Lipinski definition) is 3. The Hall–Kier alpha value is -0.620. The van der Waals surface area contributed by atoms with E-state index >= 15 is 0 Å². The lowest BCUT2D eigenvalue weighted by atomic mass is 10.3.